The van der Waals surface area contributed by atoms with E-state index in [2.05, 4.69) is 30.6 Å². The molecule has 1 saturated heterocycles. The molecule has 1 rings (SSSR count). The van der Waals surface area contributed by atoms with E-state index in [4.69, 9.17) is 0 Å². The fourth-order valence-electron chi connectivity index (χ4n) is 1.93. The van der Waals surface area contributed by atoms with Crippen molar-refractivity contribution in [2.24, 2.45) is 5.41 Å². The lowest BCUT2D eigenvalue weighted by Crippen LogP contribution is -2.46. The molecular formula is C11H22N2. The summed E-state index contributed by atoms with van der Waals surface area (Å²) in [5.41, 5.74) is 0.388. The fraction of sp³-hybridized carbons (Fsp3) is 0.818. The van der Waals surface area contributed by atoms with E-state index in [-0.39, 0.29) is 0 Å². The summed E-state index contributed by atoms with van der Waals surface area (Å²) in [6.45, 7) is 14.3. The van der Waals surface area contributed by atoms with Crippen LogP contribution in [0.4, 0.5) is 0 Å². The number of nitrogens with zero attached hydrogens (tertiary/aromatic N) is 1. The zero-order valence-corrected chi connectivity index (χ0v) is 8.97. The van der Waals surface area contributed by atoms with Crippen LogP contribution in [0.5, 0.6) is 0 Å². The molecule has 76 valence electrons. The standard InChI is InChI=1S/C11H22N2/c1-4-5-11(2,3)10-13-8-6-12-7-9-13/h4,12H,1,5-10H2,2-3H3. The third kappa shape index (κ3) is 3.92. The van der Waals surface area contributed by atoms with Crippen LogP contribution in [0.2, 0.25) is 0 Å². The van der Waals surface area contributed by atoms with Gasteiger partial charge in [-0.05, 0) is 11.8 Å². The van der Waals surface area contributed by atoms with Crippen molar-refractivity contribution in [3.8, 4) is 0 Å². The molecule has 0 unspecified atom stereocenters. The van der Waals surface area contributed by atoms with Gasteiger partial charge in [0.05, 0.1) is 0 Å². The number of piperazine rings is 1. The molecule has 13 heavy (non-hydrogen) atoms. The highest BCUT2D eigenvalue weighted by atomic mass is 15.2. The van der Waals surface area contributed by atoms with Crippen molar-refractivity contribution in [2.45, 2.75) is 20.3 Å². The van der Waals surface area contributed by atoms with E-state index in [0.717, 1.165) is 19.5 Å². The largest absolute Gasteiger partial charge is 0.314 e. The monoisotopic (exact) mass is 182 g/mol. The van der Waals surface area contributed by atoms with Crippen molar-refractivity contribution in [3.05, 3.63) is 12.7 Å². The zero-order chi connectivity index (χ0) is 9.73. The van der Waals surface area contributed by atoms with Gasteiger partial charge in [-0.3, -0.25) is 0 Å². The van der Waals surface area contributed by atoms with Crippen molar-refractivity contribution >= 4 is 0 Å². The number of allylic oxidation sites excluding steroid dienone is 1. The smallest absolute Gasteiger partial charge is 0.0108 e. The second-order valence-electron chi connectivity index (χ2n) is 4.68. The van der Waals surface area contributed by atoms with Crippen molar-refractivity contribution in [2.75, 3.05) is 32.7 Å². The Hall–Kier alpha value is -0.340. The maximum absolute atomic E-state index is 3.81. The average molecular weight is 182 g/mol. The molecule has 0 aromatic heterocycles. The minimum absolute atomic E-state index is 0.388. The van der Waals surface area contributed by atoms with Gasteiger partial charge in [-0.15, -0.1) is 6.58 Å². The molecule has 1 fully saturated rings. The molecular weight excluding hydrogens is 160 g/mol. The Labute approximate surface area is 82.0 Å². The van der Waals surface area contributed by atoms with Gasteiger partial charge in [0.15, 0.2) is 0 Å². The Morgan fingerprint density at radius 1 is 1.38 bits per heavy atom. The maximum atomic E-state index is 3.81. The summed E-state index contributed by atoms with van der Waals surface area (Å²) in [5.74, 6) is 0. The van der Waals surface area contributed by atoms with Gasteiger partial charge in [-0.25, -0.2) is 0 Å². The van der Waals surface area contributed by atoms with E-state index in [1.807, 2.05) is 6.08 Å². The van der Waals surface area contributed by atoms with Crippen LogP contribution in [0, 0.1) is 5.41 Å². The number of rotatable bonds is 4. The van der Waals surface area contributed by atoms with Crippen LogP contribution in [-0.2, 0) is 0 Å². The van der Waals surface area contributed by atoms with Gasteiger partial charge in [0.1, 0.15) is 0 Å². The van der Waals surface area contributed by atoms with Gasteiger partial charge in [0, 0.05) is 32.7 Å². The normalized spacial score (nSPS) is 20.2. The third-order valence-corrected chi connectivity index (χ3v) is 2.56. The molecule has 0 amide bonds. The topological polar surface area (TPSA) is 15.3 Å². The second-order valence-corrected chi connectivity index (χ2v) is 4.68. The SMILES string of the molecule is C=CCC(C)(C)CN1CCNCC1. The van der Waals surface area contributed by atoms with E-state index in [1.54, 1.807) is 0 Å². The van der Waals surface area contributed by atoms with Crippen molar-refractivity contribution in [1.29, 1.82) is 0 Å². The molecule has 0 saturated carbocycles. The first kappa shape index (κ1) is 10.7. The summed E-state index contributed by atoms with van der Waals surface area (Å²) in [6, 6.07) is 0. The molecule has 0 aromatic rings. The second kappa shape index (κ2) is 4.77. The van der Waals surface area contributed by atoms with E-state index >= 15 is 0 Å². The van der Waals surface area contributed by atoms with Gasteiger partial charge >= 0.3 is 0 Å². The Kier molecular flexibility index (Phi) is 3.94. The van der Waals surface area contributed by atoms with Crippen LogP contribution in [-0.4, -0.2) is 37.6 Å². The number of nitrogens with one attached hydrogen (secondary N) is 1. The molecule has 2 heteroatoms. The van der Waals surface area contributed by atoms with Crippen molar-refractivity contribution in [1.82, 2.24) is 10.2 Å². The van der Waals surface area contributed by atoms with E-state index < -0.39 is 0 Å². The molecule has 0 bridgehead atoms. The van der Waals surface area contributed by atoms with Gasteiger partial charge in [-0.2, -0.15) is 0 Å². The lowest BCUT2D eigenvalue weighted by Gasteiger charge is -2.34. The Balaban J connectivity index is 2.32. The summed E-state index contributed by atoms with van der Waals surface area (Å²) in [5, 5.41) is 3.37. The molecule has 2 nitrogen and oxygen atoms in total. The molecule has 1 aliphatic heterocycles. The molecule has 0 spiro atoms. The molecule has 0 aliphatic carbocycles. The zero-order valence-electron chi connectivity index (χ0n) is 8.97. The lowest BCUT2D eigenvalue weighted by atomic mass is 9.88. The minimum Gasteiger partial charge on any atom is -0.314 e. The van der Waals surface area contributed by atoms with E-state index in [9.17, 15) is 0 Å². The Morgan fingerprint density at radius 3 is 2.54 bits per heavy atom. The molecule has 1 N–H and O–H groups in total. The predicted molar refractivity (Wildman–Crippen MR) is 57.9 cm³/mol. The minimum atomic E-state index is 0.388. The van der Waals surface area contributed by atoms with Crippen LogP contribution in [0.25, 0.3) is 0 Å². The summed E-state index contributed by atoms with van der Waals surface area (Å²) in [6.07, 6.45) is 3.14. The van der Waals surface area contributed by atoms with E-state index in [1.165, 1.54) is 19.6 Å². The number of hydrogen-bond acceptors (Lipinski definition) is 2. The summed E-state index contributed by atoms with van der Waals surface area (Å²) in [4.78, 5) is 2.54. The first-order chi connectivity index (χ1) is 6.14. The van der Waals surface area contributed by atoms with Gasteiger partial charge in [0.25, 0.3) is 0 Å². The van der Waals surface area contributed by atoms with Crippen LogP contribution < -0.4 is 5.32 Å². The van der Waals surface area contributed by atoms with Crippen molar-refractivity contribution < 1.29 is 0 Å². The molecule has 1 aliphatic rings. The molecule has 0 radical (unpaired) electrons. The quantitative estimate of drug-likeness (QED) is 0.663. The summed E-state index contributed by atoms with van der Waals surface area (Å²) >= 11 is 0. The third-order valence-electron chi connectivity index (χ3n) is 2.56. The van der Waals surface area contributed by atoms with Gasteiger partial charge < -0.3 is 10.2 Å². The summed E-state index contributed by atoms with van der Waals surface area (Å²) < 4.78 is 0. The fourth-order valence-corrected chi connectivity index (χ4v) is 1.93. The molecule has 0 aromatic carbocycles. The molecule has 1 heterocycles. The maximum Gasteiger partial charge on any atom is 0.0108 e. The highest BCUT2D eigenvalue weighted by molar-refractivity contribution is 4.83. The van der Waals surface area contributed by atoms with Gasteiger partial charge in [0.2, 0.25) is 0 Å². The summed E-state index contributed by atoms with van der Waals surface area (Å²) in [7, 11) is 0. The van der Waals surface area contributed by atoms with Gasteiger partial charge in [-0.1, -0.05) is 19.9 Å². The van der Waals surface area contributed by atoms with Crippen LogP contribution >= 0.6 is 0 Å². The van der Waals surface area contributed by atoms with Crippen LogP contribution in [0.3, 0.4) is 0 Å². The first-order valence-electron chi connectivity index (χ1n) is 5.18. The number of hydrogen-bond donors (Lipinski definition) is 1. The first-order valence-corrected chi connectivity index (χ1v) is 5.18. The lowest BCUT2D eigenvalue weighted by molar-refractivity contribution is 0.162. The van der Waals surface area contributed by atoms with Crippen LogP contribution in [0.15, 0.2) is 12.7 Å². The van der Waals surface area contributed by atoms with Crippen molar-refractivity contribution in [3.63, 3.8) is 0 Å². The van der Waals surface area contributed by atoms with E-state index in [0.29, 0.717) is 5.41 Å². The Morgan fingerprint density at radius 2 is 2.00 bits per heavy atom. The van der Waals surface area contributed by atoms with Crippen LogP contribution in [0.1, 0.15) is 20.3 Å². The highest BCUT2D eigenvalue weighted by Gasteiger charge is 2.21. The highest BCUT2D eigenvalue weighted by Crippen LogP contribution is 2.22. The Bertz CT molecular complexity index is 157. The average Bonchev–Trinajstić information content (AvgIpc) is 2.04. The predicted octanol–water partition coefficient (Wildman–Crippen LogP) is 1.49. The molecule has 0 atom stereocenters.